The van der Waals surface area contributed by atoms with Gasteiger partial charge in [0.1, 0.15) is 12.4 Å². The number of aromatic nitrogens is 4. The molecule has 134 valence electrons. The Balaban J connectivity index is 1.62. The largest absolute Gasteiger partial charge is 0.498 e. The van der Waals surface area contributed by atoms with Crippen molar-refractivity contribution < 1.29 is 9.47 Å². The Morgan fingerprint density at radius 3 is 2.81 bits per heavy atom. The second-order valence-electron chi connectivity index (χ2n) is 5.84. The molecule has 0 saturated heterocycles. The smallest absolute Gasteiger partial charge is 0.191 e. The van der Waals surface area contributed by atoms with Crippen molar-refractivity contribution in [1.82, 2.24) is 19.5 Å². The van der Waals surface area contributed by atoms with Crippen molar-refractivity contribution in [2.75, 3.05) is 25.2 Å². The van der Waals surface area contributed by atoms with Gasteiger partial charge in [0.25, 0.3) is 0 Å². The molecule has 0 saturated carbocycles. The molecule has 3 aromatic rings. The molecule has 1 aliphatic heterocycles. The number of fused-ring (bicyclic) bond motifs is 1. The average molecular weight is 369 g/mol. The number of hydrogen-bond acceptors (Lipinski definition) is 7. The third-order valence-electron chi connectivity index (χ3n) is 4.11. The SMILES string of the molecule is COc1ccc(CSc2nc(N3C=COCC3)c3ncn(C)c3n2)cc1. The van der Waals surface area contributed by atoms with Gasteiger partial charge >= 0.3 is 0 Å². The minimum atomic E-state index is 0.628. The third-order valence-corrected chi connectivity index (χ3v) is 5.03. The molecule has 0 amide bonds. The van der Waals surface area contributed by atoms with Crippen molar-refractivity contribution in [3.8, 4) is 5.75 Å². The molecule has 7 nitrogen and oxygen atoms in total. The van der Waals surface area contributed by atoms with E-state index in [2.05, 4.69) is 27.0 Å². The third kappa shape index (κ3) is 3.32. The first kappa shape index (κ1) is 16.7. The number of methoxy groups -OCH3 is 1. The van der Waals surface area contributed by atoms with E-state index in [0.717, 1.165) is 40.2 Å². The lowest BCUT2D eigenvalue weighted by Gasteiger charge is -2.22. The van der Waals surface area contributed by atoms with Gasteiger partial charge in [0.15, 0.2) is 22.1 Å². The van der Waals surface area contributed by atoms with Crippen LogP contribution in [0, 0.1) is 0 Å². The van der Waals surface area contributed by atoms with Gasteiger partial charge in [-0.25, -0.2) is 15.0 Å². The number of nitrogens with zero attached hydrogens (tertiary/aromatic N) is 5. The number of anilines is 1. The molecule has 1 aliphatic rings. The number of thioether (sulfide) groups is 1. The van der Waals surface area contributed by atoms with E-state index in [1.54, 1.807) is 31.5 Å². The van der Waals surface area contributed by atoms with Crippen LogP contribution in [0.1, 0.15) is 5.56 Å². The van der Waals surface area contributed by atoms with Gasteiger partial charge < -0.3 is 18.9 Å². The van der Waals surface area contributed by atoms with Crippen LogP contribution in [0.15, 0.2) is 48.2 Å². The molecular formula is C18H19N5O2S. The first-order valence-corrected chi connectivity index (χ1v) is 9.23. The average Bonchev–Trinajstić information content (AvgIpc) is 3.08. The van der Waals surface area contributed by atoms with Crippen LogP contribution in [0.4, 0.5) is 5.82 Å². The zero-order valence-corrected chi connectivity index (χ0v) is 15.4. The highest BCUT2D eigenvalue weighted by Gasteiger charge is 2.18. The summed E-state index contributed by atoms with van der Waals surface area (Å²) in [6.07, 6.45) is 5.34. The van der Waals surface area contributed by atoms with Gasteiger partial charge in [-0.2, -0.15) is 0 Å². The molecule has 0 aliphatic carbocycles. The minimum absolute atomic E-state index is 0.628. The summed E-state index contributed by atoms with van der Waals surface area (Å²) in [5.41, 5.74) is 2.82. The number of benzene rings is 1. The quantitative estimate of drug-likeness (QED) is 0.506. The lowest BCUT2D eigenvalue weighted by atomic mass is 10.2. The van der Waals surface area contributed by atoms with Crippen molar-refractivity contribution in [2.45, 2.75) is 10.9 Å². The Hall–Kier alpha value is -2.74. The standard InChI is InChI=1S/C18H19N5O2S/c1-22-12-19-15-16(22)20-18(21-17(15)23-7-9-25-10-8-23)26-11-13-3-5-14(24-2)6-4-13/h3-7,9,12H,8,10-11H2,1-2H3. The van der Waals surface area contributed by atoms with Crippen LogP contribution in [-0.4, -0.2) is 39.8 Å². The highest BCUT2D eigenvalue weighted by Crippen LogP contribution is 2.28. The molecule has 0 radical (unpaired) electrons. The maximum atomic E-state index is 5.29. The van der Waals surface area contributed by atoms with Crippen LogP contribution in [0.5, 0.6) is 5.75 Å². The van der Waals surface area contributed by atoms with E-state index in [0.29, 0.717) is 6.61 Å². The van der Waals surface area contributed by atoms with E-state index in [1.165, 1.54) is 5.56 Å². The van der Waals surface area contributed by atoms with E-state index in [4.69, 9.17) is 14.5 Å². The van der Waals surface area contributed by atoms with Crippen LogP contribution < -0.4 is 9.64 Å². The van der Waals surface area contributed by atoms with Gasteiger partial charge in [-0.05, 0) is 17.7 Å². The first-order valence-electron chi connectivity index (χ1n) is 8.24. The highest BCUT2D eigenvalue weighted by molar-refractivity contribution is 7.98. The second-order valence-corrected chi connectivity index (χ2v) is 6.79. The van der Waals surface area contributed by atoms with Crippen LogP contribution in [0.25, 0.3) is 11.2 Å². The summed E-state index contributed by atoms with van der Waals surface area (Å²) in [6, 6.07) is 8.04. The fourth-order valence-corrected chi connectivity index (χ4v) is 3.48. The summed E-state index contributed by atoms with van der Waals surface area (Å²) in [5, 5.41) is 0.729. The fraction of sp³-hybridized carbons (Fsp3) is 0.278. The van der Waals surface area contributed by atoms with Crippen molar-refractivity contribution in [1.29, 1.82) is 0 Å². The van der Waals surface area contributed by atoms with Gasteiger partial charge in [-0.15, -0.1) is 0 Å². The maximum absolute atomic E-state index is 5.29. The first-order chi connectivity index (χ1) is 12.7. The van der Waals surface area contributed by atoms with Crippen LogP contribution in [0.2, 0.25) is 0 Å². The van der Waals surface area contributed by atoms with E-state index < -0.39 is 0 Å². The number of rotatable bonds is 5. The van der Waals surface area contributed by atoms with Crippen LogP contribution in [-0.2, 0) is 17.5 Å². The molecule has 8 heteroatoms. The van der Waals surface area contributed by atoms with E-state index in [-0.39, 0.29) is 0 Å². The lowest BCUT2D eigenvalue weighted by molar-refractivity contribution is 0.245. The van der Waals surface area contributed by atoms with Crippen molar-refractivity contribution >= 4 is 28.7 Å². The summed E-state index contributed by atoms with van der Waals surface area (Å²) in [7, 11) is 3.61. The molecule has 0 N–H and O–H groups in total. The number of imidazole rings is 1. The Morgan fingerprint density at radius 1 is 1.23 bits per heavy atom. The van der Waals surface area contributed by atoms with Crippen LogP contribution >= 0.6 is 11.8 Å². The zero-order chi connectivity index (χ0) is 17.9. The molecule has 0 atom stereocenters. The van der Waals surface area contributed by atoms with E-state index in [1.807, 2.05) is 29.9 Å². The Morgan fingerprint density at radius 2 is 2.08 bits per heavy atom. The maximum Gasteiger partial charge on any atom is 0.191 e. The highest BCUT2D eigenvalue weighted by atomic mass is 32.2. The van der Waals surface area contributed by atoms with Crippen molar-refractivity contribution in [3.63, 3.8) is 0 Å². The summed E-state index contributed by atoms with van der Waals surface area (Å²) in [5.74, 6) is 2.45. The summed E-state index contributed by atoms with van der Waals surface area (Å²) < 4.78 is 12.4. The van der Waals surface area contributed by atoms with Gasteiger partial charge in [0.05, 0.1) is 26.2 Å². The van der Waals surface area contributed by atoms with Gasteiger partial charge in [0.2, 0.25) is 0 Å². The molecule has 3 heterocycles. The predicted octanol–water partition coefficient (Wildman–Crippen LogP) is 2.97. The Kier molecular flexibility index (Phi) is 4.66. The van der Waals surface area contributed by atoms with Gasteiger partial charge in [0, 0.05) is 19.0 Å². The topological polar surface area (TPSA) is 65.3 Å². The predicted molar refractivity (Wildman–Crippen MR) is 101 cm³/mol. The summed E-state index contributed by atoms with van der Waals surface area (Å²) in [6.45, 7) is 1.37. The molecular weight excluding hydrogens is 350 g/mol. The Labute approximate surface area is 155 Å². The molecule has 26 heavy (non-hydrogen) atoms. The molecule has 2 aromatic heterocycles. The molecule has 0 fully saturated rings. The number of aryl methyl sites for hydroxylation is 1. The van der Waals surface area contributed by atoms with E-state index in [9.17, 15) is 0 Å². The zero-order valence-electron chi connectivity index (χ0n) is 14.6. The van der Waals surface area contributed by atoms with Crippen LogP contribution in [0.3, 0.4) is 0 Å². The second kappa shape index (κ2) is 7.25. The van der Waals surface area contributed by atoms with Crippen molar-refractivity contribution in [3.05, 3.63) is 48.6 Å². The molecule has 0 spiro atoms. The molecule has 1 aromatic carbocycles. The normalized spacial score (nSPS) is 13.8. The molecule has 0 bridgehead atoms. The van der Waals surface area contributed by atoms with Gasteiger partial charge in [-0.1, -0.05) is 23.9 Å². The lowest BCUT2D eigenvalue weighted by Crippen LogP contribution is -2.25. The minimum Gasteiger partial charge on any atom is -0.498 e. The Bertz CT molecular complexity index is 939. The summed E-state index contributed by atoms with van der Waals surface area (Å²) >= 11 is 1.61. The monoisotopic (exact) mass is 369 g/mol. The number of ether oxygens (including phenoxy) is 2. The molecule has 4 rings (SSSR count). The number of hydrogen-bond donors (Lipinski definition) is 0. The van der Waals surface area contributed by atoms with E-state index >= 15 is 0 Å². The van der Waals surface area contributed by atoms with Crippen molar-refractivity contribution in [2.24, 2.45) is 7.05 Å². The summed E-state index contributed by atoms with van der Waals surface area (Å²) in [4.78, 5) is 16.0. The molecule has 0 unspecified atom stereocenters. The van der Waals surface area contributed by atoms with Gasteiger partial charge in [-0.3, -0.25) is 0 Å². The fourth-order valence-electron chi connectivity index (χ4n) is 2.69.